The minimum absolute atomic E-state index is 0.0331. The van der Waals surface area contributed by atoms with E-state index in [1.807, 2.05) is 6.92 Å². The van der Waals surface area contributed by atoms with Crippen molar-refractivity contribution in [2.24, 2.45) is 0 Å². The van der Waals surface area contributed by atoms with Crippen LogP contribution in [0.1, 0.15) is 6.92 Å². The van der Waals surface area contributed by atoms with Crippen LogP contribution in [-0.4, -0.2) is 26.5 Å². The molecular formula is C10H12ClFO3S2. The van der Waals surface area contributed by atoms with Crippen LogP contribution in [0.4, 0.5) is 4.39 Å². The summed E-state index contributed by atoms with van der Waals surface area (Å²) in [6.07, 6.45) is 0. The quantitative estimate of drug-likeness (QED) is 0.598. The van der Waals surface area contributed by atoms with E-state index in [0.29, 0.717) is 6.61 Å². The summed E-state index contributed by atoms with van der Waals surface area (Å²) in [5.74, 6) is 1.03. The lowest BCUT2D eigenvalue weighted by molar-refractivity contribution is 0.324. The smallest absolute Gasteiger partial charge is 0.261 e. The van der Waals surface area contributed by atoms with Crippen LogP contribution in [0.15, 0.2) is 23.1 Å². The molecule has 0 aliphatic heterocycles. The molecule has 0 atom stereocenters. The summed E-state index contributed by atoms with van der Waals surface area (Å²) in [5, 5.41) is 0. The number of ether oxygens (including phenoxy) is 1. The van der Waals surface area contributed by atoms with Gasteiger partial charge in [0, 0.05) is 16.4 Å². The van der Waals surface area contributed by atoms with E-state index in [9.17, 15) is 12.8 Å². The molecule has 0 fully saturated rings. The molecule has 0 radical (unpaired) electrons. The fourth-order valence-corrected chi connectivity index (χ4v) is 2.36. The van der Waals surface area contributed by atoms with Gasteiger partial charge < -0.3 is 4.74 Å². The highest BCUT2D eigenvalue weighted by molar-refractivity contribution is 8.13. The van der Waals surface area contributed by atoms with E-state index in [1.165, 1.54) is 12.1 Å². The van der Waals surface area contributed by atoms with E-state index in [1.54, 1.807) is 11.8 Å². The third kappa shape index (κ3) is 4.73. The molecule has 0 amide bonds. The van der Waals surface area contributed by atoms with Gasteiger partial charge in [0.1, 0.15) is 0 Å². The van der Waals surface area contributed by atoms with Gasteiger partial charge >= 0.3 is 0 Å². The normalized spacial score (nSPS) is 11.5. The molecule has 0 heterocycles. The Morgan fingerprint density at radius 2 is 2.18 bits per heavy atom. The average molecular weight is 299 g/mol. The van der Waals surface area contributed by atoms with E-state index in [2.05, 4.69) is 0 Å². The zero-order valence-corrected chi connectivity index (χ0v) is 11.5. The van der Waals surface area contributed by atoms with E-state index < -0.39 is 14.9 Å². The number of hydrogen-bond donors (Lipinski definition) is 0. The van der Waals surface area contributed by atoms with E-state index in [0.717, 1.165) is 17.6 Å². The fraction of sp³-hybridized carbons (Fsp3) is 0.400. The minimum Gasteiger partial charge on any atom is -0.490 e. The van der Waals surface area contributed by atoms with Crippen LogP contribution in [0.25, 0.3) is 0 Å². The molecule has 1 aromatic carbocycles. The molecule has 0 spiro atoms. The van der Waals surface area contributed by atoms with Crippen LogP contribution in [0.3, 0.4) is 0 Å². The zero-order chi connectivity index (χ0) is 12.9. The van der Waals surface area contributed by atoms with Gasteiger partial charge in [-0.3, -0.25) is 0 Å². The lowest BCUT2D eigenvalue weighted by Crippen LogP contribution is -2.02. The molecule has 0 bridgehead atoms. The predicted molar refractivity (Wildman–Crippen MR) is 67.9 cm³/mol. The first kappa shape index (κ1) is 14.6. The van der Waals surface area contributed by atoms with Crippen molar-refractivity contribution in [2.75, 3.05) is 18.1 Å². The number of halogens is 2. The predicted octanol–water partition coefficient (Wildman–Crippen LogP) is 2.89. The van der Waals surface area contributed by atoms with Crippen molar-refractivity contribution in [1.29, 1.82) is 0 Å². The van der Waals surface area contributed by atoms with Gasteiger partial charge in [-0.1, -0.05) is 6.92 Å². The molecule has 0 aliphatic rings. The molecule has 96 valence electrons. The van der Waals surface area contributed by atoms with E-state index >= 15 is 0 Å². The van der Waals surface area contributed by atoms with Gasteiger partial charge in [0.2, 0.25) is 0 Å². The Morgan fingerprint density at radius 3 is 2.71 bits per heavy atom. The van der Waals surface area contributed by atoms with Crippen molar-refractivity contribution in [3.8, 4) is 5.75 Å². The molecule has 3 nitrogen and oxygen atoms in total. The lowest BCUT2D eigenvalue weighted by atomic mass is 10.3. The number of rotatable bonds is 6. The second kappa shape index (κ2) is 6.47. The first-order valence-electron chi connectivity index (χ1n) is 4.90. The highest BCUT2D eigenvalue weighted by Gasteiger charge is 2.13. The maximum atomic E-state index is 13.4. The van der Waals surface area contributed by atoms with Crippen LogP contribution >= 0.6 is 22.4 Å². The Morgan fingerprint density at radius 1 is 1.47 bits per heavy atom. The Kier molecular flexibility index (Phi) is 5.55. The van der Waals surface area contributed by atoms with Crippen LogP contribution < -0.4 is 4.74 Å². The summed E-state index contributed by atoms with van der Waals surface area (Å²) in [6.45, 7) is 2.40. The van der Waals surface area contributed by atoms with Crippen molar-refractivity contribution >= 4 is 31.5 Å². The monoisotopic (exact) mass is 298 g/mol. The molecule has 0 unspecified atom stereocenters. The number of benzene rings is 1. The molecule has 7 heteroatoms. The lowest BCUT2D eigenvalue weighted by Gasteiger charge is -2.07. The third-order valence-corrected chi connectivity index (χ3v) is 4.09. The summed E-state index contributed by atoms with van der Waals surface area (Å²) in [5.41, 5.74) is 0. The van der Waals surface area contributed by atoms with Crippen molar-refractivity contribution in [1.82, 2.24) is 0 Å². The third-order valence-electron chi connectivity index (χ3n) is 1.87. The summed E-state index contributed by atoms with van der Waals surface area (Å²) >= 11 is 1.68. The van der Waals surface area contributed by atoms with Gasteiger partial charge in [0.15, 0.2) is 11.6 Å². The standard InChI is InChI=1S/C10H12ClFO3S2/c1-2-16-6-5-15-10-4-3-8(7-9(10)12)17(11,13)14/h3-4,7H,2,5-6H2,1H3. The van der Waals surface area contributed by atoms with Crippen LogP contribution in [-0.2, 0) is 9.05 Å². The highest BCUT2D eigenvalue weighted by Crippen LogP contribution is 2.23. The minimum atomic E-state index is -3.90. The van der Waals surface area contributed by atoms with Gasteiger partial charge in [-0.25, -0.2) is 12.8 Å². The van der Waals surface area contributed by atoms with Crippen molar-refractivity contribution in [2.45, 2.75) is 11.8 Å². The van der Waals surface area contributed by atoms with Crippen LogP contribution in [0, 0.1) is 5.82 Å². The maximum Gasteiger partial charge on any atom is 0.261 e. The molecule has 1 rings (SSSR count). The Balaban J connectivity index is 2.70. The van der Waals surface area contributed by atoms with Crippen molar-refractivity contribution in [3.05, 3.63) is 24.0 Å². The van der Waals surface area contributed by atoms with E-state index in [4.69, 9.17) is 15.4 Å². The topological polar surface area (TPSA) is 43.4 Å². The van der Waals surface area contributed by atoms with Crippen LogP contribution in [0.5, 0.6) is 5.75 Å². The second-order valence-electron chi connectivity index (χ2n) is 3.08. The molecule has 17 heavy (non-hydrogen) atoms. The molecule has 0 N–H and O–H groups in total. The average Bonchev–Trinajstić information content (AvgIpc) is 2.24. The molecule has 0 saturated carbocycles. The van der Waals surface area contributed by atoms with Gasteiger partial charge in [-0.05, 0) is 24.0 Å². The van der Waals surface area contributed by atoms with Gasteiger partial charge in [0.05, 0.1) is 11.5 Å². The maximum absolute atomic E-state index is 13.4. The van der Waals surface area contributed by atoms with Crippen molar-refractivity contribution in [3.63, 3.8) is 0 Å². The molecule has 0 aromatic heterocycles. The molecule has 1 aromatic rings. The van der Waals surface area contributed by atoms with Crippen molar-refractivity contribution < 1.29 is 17.5 Å². The first-order valence-corrected chi connectivity index (χ1v) is 8.36. The molecular weight excluding hydrogens is 287 g/mol. The molecule has 0 saturated heterocycles. The fourth-order valence-electron chi connectivity index (χ4n) is 1.11. The Bertz CT molecular complexity index is 476. The summed E-state index contributed by atoms with van der Waals surface area (Å²) in [7, 11) is 1.19. The summed E-state index contributed by atoms with van der Waals surface area (Å²) < 4.78 is 40.5. The number of hydrogen-bond acceptors (Lipinski definition) is 4. The SMILES string of the molecule is CCSCCOc1ccc(S(=O)(=O)Cl)cc1F. The van der Waals surface area contributed by atoms with E-state index in [-0.39, 0.29) is 10.6 Å². The zero-order valence-electron chi connectivity index (χ0n) is 9.15. The molecule has 0 aliphatic carbocycles. The largest absolute Gasteiger partial charge is 0.490 e. The highest BCUT2D eigenvalue weighted by atomic mass is 35.7. The Hall–Kier alpha value is -0.460. The van der Waals surface area contributed by atoms with Gasteiger partial charge in [-0.15, -0.1) is 0 Å². The van der Waals surface area contributed by atoms with Gasteiger partial charge in [-0.2, -0.15) is 11.8 Å². The Labute approximate surface area is 109 Å². The second-order valence-corrected chi connectivity index (χ2v) is 7.04. The van der Waals surface area contributed by atoms with Crippen LogP contribution in [0.2, 0.25) is 0 Å². The van der Waals surface area contributed by atoms with Gasteiger partial charge in [0.25, 0.3) is 9.05 Å². The summed E-state index contributed by atoms with van der Waals surface area (Å²) in [6, 6.07) is 3.33. The first-order chi connectivity index (χ1) is 7.95. The summed E-state index contributed by atoms with van der Waals surface area (Å²) in [4.78, 5) is -0.271. The number of thioether (sulfide) groups is 1.